The molecule has 0 saturated carbocycles. The molecule has 1 aliphatic heterocycles. The highest BCUT2D eigenvalue weighted by molar-refractivity contribution is 7.16. The van der Waals surface area contributed by atoms with Crippen molar-refractivity contribution in [1.29, 1.82) is 0 Å². The largest absolute Gasteiger partial charge is 0.379 e. The Morgan fingerprint density at radius 1 is 1.36 bits per heavy atom. The number of aliphatic imine (C=N–C) groups is 1. The molecule has 0 amide bonds. The predicted octanol–water partition coefficient (Wildman–Crippen LogP) is 3.73. The lowest BCUT2D eigenvalue weighted by Gasteiger charge is -2.24. The number of nitrogens with zero attached hydrogens (tertiary/aromatic N) is 2. The number of hydrogen-bond donors (Lipinski definition) is 2. The van der Waals surface area contributed by atoms with Gasteiger partial charge < -0.3 is 15.7 Å². The fourth-order valence-corrected chi connectivity index (χ4v) is 4.60. The Labute approximate surface area is 158 Å². The fourth-order valence-electron chi connectivity index (χ4n) is 3.24. The second-order valence-electron chi connectivity index (χ2n) is 6.44. The molecular formula is C19H24ClN3OS. The van der Waals surface area contributed by atoms with E-state index in [1.807, 2.05) is 35.6 Å². The van der Waals surface area contributed by atoms with Crippen molar-refractivity contribution in [2.75, 3.05) is 18.0 Å². The molecule has 0 aliphatic carbocycles. The minimum Gasteiger partial charge on any atom is -0.379 e. The molecule has 0 bridgehead atoms. The maximum absolute atomic E-state index is 9.69. The zero-order valence-corrected chi connectivity index (χ0v) is 16.4. The first-order valence-electron chi connectivity index (χ1n) is 8.53. The molecular weight excluding hydrogens is 354 g/mol. The van der Waals surface area contributed by atoms with Crippen molar-refractivity contribution in [3.05, 3.63) is 50.9 Å². The SMILES string of the molecule is CCN1CC(CC(N)O)N=C(c2ccc(Cl)cc2)c2c1sc(C)c2C. The Kier molecular flexibility index (Phi) is 5.49. The molecule has 0 spiro atoms. The molecule has 4 nitrogen and oxygen atoms in total. The molecule has 2 aromatic rings. The monoisotopic (exact) mass is 377 g/mol. The Balaban J connectivity index is 2.18. The Morgan fingerprint density at radius 2 is 2.04 bits per heavy atom. The molecule has 1 aromatic heterocycles. The van der Waals surface area contributed by atoms with Gasteiger partial charge in [-0.2, -0.15) is 0 Å². The maximum atomic E-state index is 9.69. The number of anilines is 1. The van der Waals surface area contributed by atoms with Crippen molar-refractivity contribution in [2.45, 2.75) is 39.5 Å². The number of thiophene rings is 1. The van der Waals surface area contributed by atoms with Crippen molar-refractivity contribution < 1.29 is 5.11 Å². The van der Waals surface area contributed by atoms with Crippen LogP contribution < -0.4 is 10.6 Å². The lowest BCUT2D eigenvalue weighted by molar-refractivity contribution is 0.163. The van der Waals surface area contributed by atoms with Crippen molar-refractivity contribution in [3.8, 4) is 0 Å². The normalized spacial score (nSPS) is 18.6. The smallest absolute Gasteiger partial charge is 0.104 e. The van der Waals surface area contributed by atoms with E-state index < -0.39 is 6.23 Å². The van der Waals surface area contributed by atoms with Crippen LogP contribution in [-0.4, -0.2) is 36.2 Å². The van der Waals surface area contributed by atoms with Crippen LogP contribution in [0.15, 0.2) is 29.3 Å². The lowest BCUT2D eigenvalue weighted by Crippen LogP contribution is -2.34. The minimum absolute atomic E-state index is 0.0510. The van der Waals surface area contributed by atoms with E-state index in [2.05, 4.69) is 25.7 Å². The third-order valence-corrected chi connectivity index (χ3v) is 6.17. The number of aliphatic hydroxyl groups is 1. The van der Waals surface area contributed by atoms with Gasteiger partial charge in [0, 0.05) is 40.5 Å². The summed E-state index contributed by atoms with van der Waals surface area (Å²) in [6.07, 6.45) is -0.418. The number of likely N-dealkylation sites (N-methyl/N-ethyl adjacent to an activating group) is 1. The van der Waals surface area contributed by atoms with E-state index in [-0.39, 0.29) is 6.04 Å². The van der Waals surface area contributed by atoms with Gasteiger partial charge in [-0.3, -0.25) is 4.99 Å². The van der Waals surface area contributed by atoms with Crippen LogP contribution in [0.3, 0.4) is 0 Å². The van der Waals surface area contributed by atoms with E-state index in [1.54, 1.807) is 0 Å². The number of nitrogens with two attached hydrogens (primary N) is 1. The van der Waals surface area contributed by atoms with E-state index in [0.29, 0.717) is 11.4 Å². The summed E-state index contributed by atoms with van der Waals surface area (Å²) in [5.74, 6) is 0. The highest BCUT2D eigenvalue weighted by Gasteiger charge is 2.28. The van der Waals surface area contributed by atoms with E-state index in [1.165, 1.54) is 21.0 Å². The summed E-state index contributed by atoms with van der Waals surface area (Å²) in [5, 5.41) is 11.6. The number of halogens is 1. The van der Waals surface area contributed by atoms with Crippen LogP contribution in [0, 0.1) is 13.8 Å². The van der Waals surface area contributed by atoms with Crippen molar-refractivity contribution in [2.24, 2.45) is 10.7 Å². The summed E-state index contributed by atoms with van der Waals surface area (Å²) >= 11 is 7.88. The van der Waals surface area contributed by atoms with Gasteiger partial charge in [0.2, 0.25) is 0 Å². The minimum atomic E-state index is -0.863. The molecule has 2 atom stereocenters. The molecule has 134 valence electrons. The molecule has 0 fully saturated rings. The van der Waals surface area contributed by atoms with Crippen LogP contribution in [0.5, 0.6) is 0 Å². The Hall–Kier alpha value is -1.40. The van der Waals surface area contributed by atoms with Gasteiger partial charge in [0.25, 0.3) is 0 Å². The number of hydrogen-bond acceptors (Lipinski definition) is 5. The van der Waals surface area contributed by atoms with Crippen LogP contribution in [0.2, 0.25) is 5.02 Å². The van der Waals surface area contributed by atoms with Crippen LogP contribution in [0.1, 0.15) is 34.9 Å². The second-order valence-corrected chi connectivity index (χ2v) is 8.08. The first-order chi connectivity index (χ1) is 11.9. The average Bonchev–Trinajstić information content (AvgIpc) is 2.76. The first kappa shape index (κ1) is 18.4. The number of rotatable bonds is 4. The quantitative estimate of drug-likeness (QED) is 0.798. The van der Waals surface area contributed by atoms with Crippen LogP contribution in [0.4, 0.5) is 5.00 Å². The van der Waals surface area contributed by atoms with Gasteiger partial charge in [-0.1, -0.05) is 23.7 Å². The summed E-state index contributed by atoms with van der Waals surface area (Å²) in [6.45, 7) is 8.11. The van der Waals surface area contributed by atoms with E-state index in [4.69, 9.17) is 22.3 Å². The standard InChI is InChI=1S/C19H24ClN3OS/c1-4-23-10-15(9-16(21)24)22-18(13-5-7-14(20)8-6-13)17-11(2)12(3)25-19(17)23/h5-8,15-16,24H,4,9-10,21H2,1-3H3. The Bertz CT molecular complexity index is 783. The summed E-state index contributed by atoms with van der Waals surface area (Å²) in [4.78, 5) is 8.68. The van der Waals surface area contributed by atoms with Gasteiger partial charge in [0.05, 0.1) is 11.8 Å². The maximum Gasteiger partial charge on any atom is 0.104 e. The number of fused-ring (bicyclic) bond motifs is 1. The third kappa shape index (κ3) is 3.75. The summed E-state index contributed by atoms with van der Waals surface area (Å²) in [6, 6.07) is 7.75. The highest BCUT2D eigenvalue weighted by Crippen LogP contribution is 2.39. The molecule has 3 N–H and O–H groups in total. The second kappa shape index (κ2) is 7.46. The summed E-state index contributed by atoms with van der Waals surface area (Å²) in [7, 11) is 0. The zero-order valence-electron chi connectivity index (χ0n) is 14.8. The fraction of sp³-hybridized carbons (Fsp3) is 0.421. The number of aliphatic hydroxyl groups excluding tert-OH is 1. The van der Waals surface area contributed by atoms with Crippen LogP contribution in [0.25, 0.3) is 0 Å². The van der Waals surface area contributed by atoms with Crippen molar-refractivity contribution in [1.82, 2.24) is 0 Å². The summed E-state index contributed by atoms with van der Waals surface area (Å²) < 4.78 is 0. The average molecular weight is 378 g/mol. The first-order valence-corrected chi connectivity index (χ1v) is 9.72. The van der Waals surface area contributed by atoms with Crippen molar-refractivity contribution in [3.63, 3.8) is 0 Å². The zero-order chi connectivity index (χ0) is 18.1. The van der Waals surface area contributed by atoms with Crippen LogP contribution in [-0.2, 0) is 0 Å². The van der Waals surface area contributed by atoms with E-state index in [0.717, 1.165) is 24.4 Å². The van der Waals surface area contributed by atoms with Gasteiger partial charge in [-0.25, -0.2) is 0 Å². The van der Waals surface area contributed by atoms with Gasteiger partial charge in [0.1, 0.15) is 11.2 Å². The molecule has 2 heterocycles. The Morgan fingerprint density at radius 3 is 2.64 bits per heavy atom. The molecule has 0 radical (unpaired) electrons. The molecule has 1 aromatic carbocycles. The highest BCUT2D eigenvalue weighted by atomic mass is 35.5. The molecule has 6 heteroatoms. The lowest BCUT2D eigenvalue weighted by atomic mass is 9.99. The summed E-state index contributed by atoms with van der Waals surface area (Å²) in [5.41, 5.74) is 10.1. The van der Waals surface area contributed by atoms with E-state index >= 15 is 0 Å². The third-order valence-electron chi connectivity index (χ3n) is 4.65. The predicted molar refractivity (Wildman–Crippen MR) is 107 cm³/mol. The molecule has 2 unspecified atom stereocenters. The topological polar surface area (TPSA) is 61.8 Å². The van der Waals surface area contributed by atoms with Gasteiger partial charge in [0.15, 0.2) is 0 Å². The van der Waals surface area contributed by atoms with Gasteiger partial charge in [-0.05, 0) is 38.5 Å². The molecule has 0 saturated heterocycles. The van der Waals surface area contributed by atoms with E-state index in [9.17, 15) is 5.11 Å². The molecule has 3 rings (SSSR count). The van der Waals surface area contributed by atoms with Gasteiger partial charge in [-0.15, -0.1) is 11.3 Å². The molecule has 25 heavy (non-hydrogen) atoms. The number of benzene rings is 1. The number of aryl methyl sites for hydroxylation is 1. The van der Waals surface area contributed by atoms with Gasteiger partial charge >= 0.3 is 0 Å². The van der Waals surface area contributed by atoms with Crippen LogP contribution >= 0.6 is 22.9 Å². The molecule has 1 aliphatic rings. The van der Waals surface area contributed by atoms with Crippen molar-refractivity contribution >= 4 is 33.7 Å².